The number of carbonyl (C=O) groups is 2. The highest BCUT2D eigenvalue weighted by molar-refractivity contribution is 5.98. The number of aromatic nitrogens is 1. The molecule has 25 heavy (non-hydrogen) atoms. The topological polar surface area (TPSA) is 65.6 Å². The van der Waals surface area contributed by atoms with E-state index in [0.717, 1.165) is 5.52 Å². The number of hydrogen-bond acceptors (Lipinski definition) is 3. The number of nitrogens with zero attached hydrogens (tertiary/aromatic N) is 2. The standard InChI is InChI=1S/C18H22FN3O3/c1-18(2,3)25-17(24)22-8-6-21(7-9-22)16(23)15-11-12-10-13(19)4-5-14(12)20-15/h4-5,10-11,20H,6-9H2,1-3H3. The van der Waals surface area contributed by atoms with E-state index in [2.05, 4.69) is 4.98 Å². The predicted octanol–water partition coefficient (Wildman–Crippen LogP) is 3.00. The Morgan fingerprint density at radius 1 is 1.08 bits per heavy atom. The van der Waals surface area contributed by atoms with Crippen LogP contribution in [-0.4, -0.2) is 58.6 Å². The number of benzene rings is 1. The van der Waals surface area contributed by atoms with Crippen molar-refractivity contribution in [3.63, 3.8) is 0 Å². The summed E-state index contributed by atoms with van der Waals surface area (Å²) in [6.45, 7) is 7.19. The second-order valence-corrected chi connectivity index (χ2v) is 7.17. The lowest BCUT2D eigenvalue weighted by atomic mass is 10.2. The molecule has 0 bridgehead atoms. The zero-order valence-corrected chi connectivity index (χ0v) is 14.6. The van der Waals surface area contributed by atoms with Crippen LogP contribution in [0.15, 0.2) is 24.3 Å². The van der Waals surface area contributed by atoms with Crippen LogP contribution in [0.5, 0.6) is 0 Å². The summed E-state index contributed by atoms with van der Waals surface area (Å²) in [5.74, 6) is -0.489. The van der Waals surface area contributed by atoms with Crippen molar-refractivity contribution in [3.05, 3.63) is 35.8 Å². The number of fused-ring (bicyclic) bond motifs is 1. The third-order valence-electron chi connectivity index (χ3n) is 4.03. The van der Waals surface area contributed by atoms with Crippen LogP contribution in [-0.2, 0) is 4.74 Å². The van der Waals surface area contributed by atoms with Crippen molar-refractivity contribution in [1.82, 2.24) is 14.8 Å². The summed E-state index contributed by atoms with van der Waals surface area (Å²) >= 11 is 0. The van der Waals surface area contributed by atoms with Gasteiger partial charge in [0.05, 0.1) is 0 Å². The molecule has 2 aromatic rings. The Hall–Kier alpha value is -2.57. The largest absolute Gasteiger partial charge is 0.444 e. The number of rotatable bonds is 1. The highest BCUT2D eigenvalue weighted by Crippen LogP contribution is 2.19. The van der Waals surface area contributed by atoms with Crippen molar-refractivity contribution < 1.29 is 18.7 Å². The first-order valence-electron chi connectivity index (χ1n) is 8.28. The van der Waals surface area contributed by atoms with E-state index >= 15 is 0 Å². The normalized spacial score (nSPS) is 15.5. The fourth-order valence-corrected chi connectivity index (χ4v) is 2.81. The van der Waals surface area contributed by atoms with Gasteiger partial charge in [0, 0.05) is 37.1 Å². The summed E-state index contributed by atoms with van der Waals surface area (Å²) in [6.07, 6.45) is -0.360. The molecule has 1 aliphatic rings. The van der Waals surface area contributed by atoms with Gasteiger partial charge in [-0.3, -0.25) is 4.79 Å². The number of nitrogens with one attached hydrogen (secondary N) is 1. The van der Waals surface area contributed by atoms with Crippen molar-refractivity contribution >= 4 is 22.9 Å². The van der Waals surface area contributed by atoms with Crippen molar-refractivity contribution in [2.75, 3.05) is 26.2 Å². The molecule has 6 nitrogen and oxygen atoms in total. The van der Waals surface area contributed by atoms with E-state index in [-0.39, 0.29) is 17.8 Å². The molecule has 0 aliphatic carbocycles. The minimum Gasteiger partial charge on any atom is -0.444 e. The van der Waals surface area contributed by atoms with Crippen molar-refractivity contribution in [2.45, 2.75) is 26.4 Å². The smallest absolute Gasteiger partial charge is 0.410 e. The van der Waals surface area contributed by atoms with E-state index in [1.165, 1.54) is 12.1 Å². The van der Waals surface area contributed by atoms with Crippen LogP contribution in [0.1, 0.15) is 31.3 Å². The maximum absolute atomic E-state index is 13.3. The number of carbonyl (C=O) groups excluding carboxylic acids is 2. The van der Waals surface area contributed by atoms with E-state index < -0.39 is 5.60 Å². The molecule has 0 radical (unpaired) electrons. The van der Waals surface area contributed by atoms with E-state index in [1.54, 1.807) is 21.9 Å². The fraction of sp³-hybridized carbons (Fsp3) is 0.444. The Labute approximate surface area is 145 Å². The Balaban J connectivity index is 1.63. The highest BCUT2D eigenvalue weighted by atomic mass is 19.1. The van der Waals surface area contributed by atoms with Gasteiger partial charge in [-0.1, -0.05) is 0 Å². The molecular formula is C18H22FN3O3. The fourth-order valence-electron chi connectivity index (χ4n) is 2.81. The molecule has 1 aliphatic heterocycles. The van der Waals surface area contributed by atoms with Crippen LogP contribution in [0.25, 0.3) is 10.9 Å². The molecule has 2 heterocycles. The number of piperazine rings is 1. The monoisotopic (exact) mass is 347 g/mol. The molecule has 2 amide bonds. The van der Waals surface area contributed by atoms with Gasteiger partial charge in [-0.25, -0.2) is 9.18 Å². The summed E-state index contributed by atoms with van der Waals surface area (Å²) in [5.41, 5.74) is 0.604. The van der Waals surface area contributed by atoms with Gasteiger partial charge in [0.1, 0.15) is 17.1 Å². The first-order valence-corrected chi connectivity index (χ1v) is 8.28. The van der Waals surface area contributed by atoms with Crippen molar-refractivity contribution in [3.8, 4) is 0 Å². The van der Waals surface area contributed by atoms with Gasteiger partial charge in [-0.2, -0.15) is 0 Å². The van der Waals surface area contributed by atoms with E-state index in [4.69, 9.17) is 4.74 Å². The van der Waals surface area contributed by atoms with E-state index in [9.17, 15) is 14.0 Å². The third kappa shape index (κ3) is 3.92. The lowest BCUT2D eigenvalue weighted by Crippen LogP contribution is -2.51. The zero-order chi connectivity index (χ0) is 18.2. The van der Waals surface area contributed by atoms with Gasteiger partial charge in [-0.15, -0.1) is 0 Å². The average Bonchev–Trinajstić information content (AvgIpc) is 2.95. The van der Waals surface area contributed by atoms with Crippen LogP contribution >= 0.6 is 0 Å². The molecule has 1 N–H and O–H groups in total. The molecule has 0 unspecified atom stereocenters. The number of ether oxygens (including phenoxy) is 1. The molecule has 0 saturated carbocycles. The highest BCUT2D eigenvalue weighted by Gasteiger charge is 2.28. The SMILES string of the molecule is CC(C)(C)OC(=O)N1CCN(C(=O)c2cc3cc(F)ccc3[nH]2)CC1. The maximum Gasteiger partial charge on any atom is 0.410 e. The Morgan fingerprint density at radius 2 is 1.72 bits per heavy atom. The molecule has 1 aromatic carbocycles. The summed E-state index contributed by atoms with van der Waals surface area (Å²) in [5, 5.41) is 0.663. The van der Waals surface area contributed by atoms with E-state index in [1.807, 2.05) is 20.8 Å². The van der Waals surface area contributed by atoms with Crippen LogP contribution < -0.4 is 0 Å². The van der Waals surface area contributed by atoms with Gasteiger partial charge in [0.25, 0.3) is 5.91 Å². The molecule has 1 saturated heterocycles. The molecule has 0 atom stereocenters. The predicted molar refractivity (Wildman–Crippen MR) is 92.0 cm³/mol. The van der Waals surface area contributed by atoms with Crippen LogP contribution in [0.4, 0.5) is 9.18 Å². The van der Waals surface area contributed by atoms with Gasteiger partial charge < -0.3 is 19.5 Å². The number of amides is 2. The van der Waals surface area contributed by atoms with Crippen LogP contribution in [0.3, 0.4) is 0 Å². The number of halogens is 1. The van der Waals surface area contributed by atoms with Gasteiger partial charge in [-0.05, 0) is 45.0 Å². The van der Waals surface area contributed by atoms with E-state index in [0.29, 0.717) is 37.3 Å². The second kappa shape index (κ2) is 6.38. The third-order valence-corrected chi connectivity index (χ3v) is 4.03. The quantitative estimate of drug-likeness (QED) is 0.862. The summed E-state index contributed by atoms with van der Waals surface area (Å²) in [4.78, 5) is 31.0. The maximum atomic E-state index is 13.3. The Kier molecular flexibility index (Phi) is 4.41. The van der Waals surface area contributed by atoms with Gasteiger partial charge in [0.15, 0.2) is 0 Å². The summed E-state index contributed by atoms with van der Waals surface area (Å²) in [6, 6.07) is 6.01. The Bertz CT molecular complexity index is 801. The number of hydrogen-bond donors (Lipinski definition) is 1. The molecule has 1 fully saturated rings. The minimum atomic E-state index is -0.538. The number of H-pyrrole nitrogens is 1. The van der Waals surface area contributed by atoms with Crippen LogP contribution in [0, 0.1) is 5.82 Å². The molecule has 0 spiro atoms. The lowest BCUT2D eigenvalue weighted by Gasteiger charge is -2.35. The minimum absolute atomic E-state index is 0.152. The van der Waals surface area contributed by atoms with Crippen molar-refractivity contribution in [1.29, 1.82) is 0 Å². The lowest BCUT2D eigenvalue weighted by molar-refractivity contribution is 0.0140. The molecular weight excluding hydrogens is 325 g/mol. The molecule has 7 heteroatoms. The van der Waals surface area contributed by atoms with Gasteiger partial charge in [0.2, 0.25) is 0 Å². The number of aromatic amines is 1. The average molecular weight is 347 g/mol. The summed E-state index contributed by atoms with van der Waals surface area (Å²) < 4.78 is 18.6. The van der Waals surface area contributed by atoms with Gasteiger partial charge >= 0.3 is 6.09 Å². The molecule has 134 valence electrons. The molecule has 3 rings (SSSR count). The summed E-state index contributed by atoms with van der Waals surface area (Å²) in [7, 11) is 0. The Morgan fingerprint density at radius 3 is 2.36 bits per heavy atom. The van der Waals surface area contributed by atoms with Crippen molar-refractivity contribution in [2.24, 2.45) is 0 Å². The van der Waals surface area contributed by atoms with Crippen LogP contribution in [0.2, 0.25) is 0 Å². The first-order chi connectivity index (χ1) is 11.7. The zero-order valence-electron chi connectivity index (χ0n) is 14.6. The molecule has 1 aromatic heterocycles. The second-order valence-electron chi connectivity index (χ2n) is 7.17. The first kappa shape index (κ1) is 17.3.